The number of anilines is 4. The molecule has 0 aromatic heterocycles. The van der Waals surface area contributed by atoms with Gasteiger partial charge >= 0.3 is 83.6 Å². The number of nitrogen functional groups attached to an aromatic ring is 2. The molecular weight excluding hydrogens is 1660 g/mol. The molecule has 128 heavy (non-hydrogen) atoms. The van der Waals surface area contributed by atoms with Crippen molar-refractivity contribution >= 4 is 140 Å². The van der Waals surface area contributed by atoms with E-state index in [1.807, 2.05) is 36.4 Å². The molecule has 34 nitrogen and oxygen atoms in total. The lowest BCUT2D eigenvalue weighted by atomic mass is 9.92. The van der Waals surface area contributed by atoms with E-state index >= 15 is 0 Å². The average Bonchev–Trinajstić information content (AvgIpc) is 0.795. The van der Waals surface area contributed by atoms with E-state index in [4.69, 9.17) is 63.8 Å². The summed E-state index contributed by atoms with van der Waals surface area (Å²) in [4.78, 5) is 152. The van der Waals surface area contributed by atoms with Crippen molar-refractivity contribution in [1.29, 1.82) is 0 Å². The Bertz CT molecular complexity index is 5350. The Morgan fingerprint density at radius 2 is 0.336 bits per heavy atom. The van der Waals surface area contributed by atoms with E-state index < -0.39 is 83.6 Å². The van der Waals surface area contributed by atoms with Gasteiger partial charge in [-0.05, 0) is 249 Å². The fourth-order valence-electron chi connectivity index (χ4n) is 11.3. The first-order valence-electron chi connectivity index (χ1n) is 35.9. The van der Waals surface area contributed by atoms with Crippen LogP contribution in [-0.2, 0) is 0 Å². The summed E-state index contributed by atoms with van der Waals surface area (Å²) in [6, 6.07) is 65.4. The SMILES string of the molecule is NCCNc1cc(C(=O)O)ccc1C(=O)O.NCCNc1cc(C(=O)O)ccc1C(=O)O.Nc1cc(C(=O)O)ccc1C(=O)O.Nc1cc(C(=O)O)ccc1C(=O)O.O=C(O)c1ccc(-c2cc(-c3ccc(C(=O)O)cc3)cc(-c3ccc(C(=O)O)cc3)c2)cc1.O=C(O)c1ccc(-c2cc(-c3ccc(C(=O)O)cc3)cc(-c3ccc(C(=O)O)cc3)c2)cc1.[B].[B].[B].[B]. The van der Waals surface area contributed by atoms with Crippen LogP contribution in [0.15, 0.2) is 255 Å². The second-order valence-electron chi connectivity index (χ2n) is 25.9. The molecule has 0 bridgehead atoms. The van der Waals surface area contributed by atoms with E-state index in [0.717, 1.165) is 78.9 Å². The van der Waals surface area contributed by atoms with Gasteiger partial charge in [0.15, 0.2) is 0 Å². The number of carboxylic acids is 14. The molecule has 0 spiro atoms. The Hall–Kier alpha value is -17.4. The molecule has 12 aromatic carbocycles. The molecular formula is C90H74B4N6O28. The molecule has 12 rings (SSSR count). The summed E-state index contributed by atoms with van der Waals surface area (Å²) in [5, 5.41) is 130. The molecule has 38 heteroatoms. The van der Waals surface area contributed by atoms with Crippen LogP contribution in [0.5, 0.6) is 0 Å². The molecule has 0 heterocycles. The van der Waals surface area contributed by atoms with Gasteiger partial charge in [-0.25, -0.2) is 67.1 Å². The third-order valence-electron chi connectivity index (χ3n) is 17.6. The Labute approximate surface area is 734 Å². The Morgan fingerprint density at radius 3 is 0.477 bits per heavy atom. The van der Waals surface area contributed by atoms with Gasteiger partial charge in [0.05, 0.1) is 77.9 Å². The number of benzene rings is 12. The van der Waals surface area contributed by atoms with Crippen molar-refractivity contribution in [2.75, 3.05) is 48.3 Å². The zero-order chi connectivity index (χ0) is 91.3. The number of nitrogens with one attached hydrogen (secondary N) is 2. The second kappa shape index (κ2) is 48.9. The molecule has 0 amide bonds. The van der Waals surface area contributed by atoms with Crippen molar-refractivity contribution in [3.63, 3.8) is 0 Å². The predicted octanol–water partition coefficient (Wildman–Crippen LogP) is 12.3. The van der Waals surface area contributed by atoms with Gasteiger partial charge in [-0.3, -0.25) is 0 Å². The molecule has 24 N–H and O–H groups in total. The first-order chi connectivity index (χ1) is 58.8. The monoisotopic (exact) mass is 1730 g/mol. The molecule has 0 saturated heterocycles. The lowest BCUT2D eigenvalue weighted by molar-refractivity contribution is 0.0682. The van der Waals surface area contributed by atoms with Gasteiger partial charge in [-0.2, -0.15) is 0 Å². The standard InChI is InChI=1S/2C27H18O6.2C10H12N2O4.2C8H7NO4.4B/c2*28-25(29)19-7-1-16(2-8-19)22-13-23(17-3-9-20(10-4-17)26(30)31)15-24(14-22)18-5-11-21(12-6-18)27(32)33;2*11-3-4-12-8-5-6(9(13)14)1-2-7(8)10(15)16;2*9-6-3-4(7(10)11)1-2-5(6)8(12)13;;;;/h2*1-15H,(H,28,29)(H,30,31)(H,32,33);2*1-2,5,12H,3-4,11H2,(H,13,14)(H,15,16);2*1-3H,9H2,(H,10,11)(H,12,13);;;;. The van der Waals surface area contributed by atoms with E-state index in [1.165, 1.54) is 133 Å². The fraction of sp³-hybridized carbons (Fsp3) is 0.0444. The quantitative estimate of drug-likeness (QED) is 0.0177. The number of rotatable bonds is 26. The van der Waals surface area contributed by atoms with Crippen LogP contribution in [-0.4, -0.2) is 215 Å². The molecule has 12 aromatic rings. The van der Waals surface area contributed by atoms with Crippen LogP contribution in [0.25, 0.3) is 66.8 Å². The summed E-state index contributed by atoms with van der Waals surface area (Å²) in [6.45, 7) is 1.42. The van der Waals surface area contributed by atoms with Crippen LogP contribution in [0.4, 0.5) is 22.7 Å². The van der Waals surface area contributed by atoms with Crippen molar-refractivity contribution in [1.82, 2.24) is 0 Å². The number of hydrogen-bond acceptors (Lipinski definition) is 20. The highest BCUT2D eigenvalue weighted by atomic mass is 16.4. The first-order valence-corrected chi connectivity index (χ1v) is 35.9. The normalized spacial score (nSPS) is 9.83. The van der Waals surface area contributed by atoms with Crippen LogP contribution < -0.4 is 33.6 Å². The zero-order valence-electron chi connectivity index (χ0n) is 66.7. The van der Waals surface area contributed by atoms with Gasteiger partial charge in [-0.15, -0.1) is 0 Å². The minimum absolute atomic E-state index is 0. The number of carbonyl (C=O) groups is 14. The number of hydrogen-bond donors (Lipinski definition) is 20. The fourth-order valence-corrected chi connectivity index (χ4v) is 11.3. The minimum atomic E-state index is -1.17. The molecule has 0 aliphatic heterocycles. The molecule has 0 saturated carbocycles. The molecule has 0 aliphatic carbocycles. The lowest BCUT2D eigenvalue weighted by Crippen LogP contribution is -2.15. The van der Waals surface area contributed by atoms with Gasteiger partial charge in [-0.1, -0.05) is 72.8 Å². The molecule has 12 radical (unpaired) electrons. The molecule has 0 fully saturated rings. The predicted molar refractivity (Wildman–Crippen MR) is 476 cm³/mol. The van der Waals surface area contributed by atoms with Crippen LogP contribution in [0.3, 0.4) is 0 Å². The second-order valence-corrected chi connectivity index (χ2v) is 25.9. The van der Waals surface area contributed by atoms with Crippen molar-refractivity contribution < 1.29 is 139 Å². The van der Waals surface area contributed by atoms with Crippen LogP contribution >= 0.6 is 0 Å². The lowest BCUT2D eigenvalue weighted by Gasteiger charge is -2.12. The van der Waals surface area contributed by atoms with E-state index in [-0.39, 0.29) is 134 Å². The van der Waals surface area contributed by atoms with Crippen molar-refractivity contribution in [2.24, 2.45) is 11.5 Å². The molecule has 0 aliphatic rings. The highest BCUT2D eigenvalue weighted by Crippen LogP contribution is 2.36. The maximum absolute atomic E-state index is 11.2. The largest absolute Gasteiger partial charge is 0.478 e. The van der Waals surface area contributed by atoms with Gasteiger partial charge in [0, 0.05) is 82.6 Å². The maximum atomic E-state index is 11.2. The highest BCUT2D eigenvalue weighted by molar-refractivity contribution is 6.02. The maximum Gasteiger partial charge on any atom is 0.337 e. The summed E-state index contributed by atoms with van der Waals surface area (Å²) < 4.78 is 0. The van der Waals surface area contributed by atoms with Crippen molar-refractivity contribution in [3.8, 4) is 66.8 Å². The van der Waals surface area contributed by atoms with E-state index in [2.05, 4.69) is 10.6 Å². The van der Waals surface area contributed by atoms with Crippen molar-refractivity contribution in [3.05, 3.63) is 333 Å². The molecule has 0 unspecified atom stereocenters. The smallest absolute Gasteiger partial charge is 0.337 e. The summed E-state index contributed by atoms with van der Waals surface area (Å²) >= 11 is 0. The Kier molecular flexibility index (Phi) is 40.0. The average molecular weight is 1730 g/mol. The third kappa shape index (κ3) is 29.5. The van der Waals surface area contributed by atoms with E-state index in [0.29, 0.717) is 26.2 Å². The summed E-state index contributed by atoms with van der Waals surface area (Å²) in [5.74, 6) is -15.1. The van der Waals surface area contributed by atoms with Gasteiger partial charge in [0.1, 0.15) is 0 Å². The number of aromatic carboxylic acids is 14. The van der Waals surface area contributed by atoms with Crippen molar-refractivity contribution in [2.45, 2.75) is 0 Å². The Morgan fingerprint density at radius 1 is 0.188 bits per heavy atom. The van der Waals surface area contributed by atoms with E-state index in [9.17, 15) is 97.8 Å². The van der Waals surface area contributed by atoms with Gasteiger partial charge < -0.3 is 105 Å². The number of carboxylic acid groups (broad SMARTS) is 14. The molecule has 644 valence electrons. The van der Waals surface area contributed by atoms with Crippen LogP contribution in [0.1, 0.15) is 145 Å². The first kappa shape index (κ1) is 105. The topological polar surface area (TPSA) is 650 Å². The third-order valence-corrected chi connectivity index (χ3v) is 17.6. The Balaban J connectivity index is 0.000000413. The van der Waals surface area contributed by atoms with Crippen LogP contribution in [0.2, 0.25) is 0 Å². The number of nitrogens with two attached hydrogens (primary N) is 4. The van der Waals surface area contributed by atoms with Gasteiger partial charge in [0.25, 0.3) is 0 Å². The highest BCUT2D eigenvalue weighted by Gasteiger charge is 2.19. The molecule has 0 atom stereocenters. The van der Waals surface area contributed by atoms with Crippen LogP contribution in [0, 0.1) is 0 Å². The summed E-state index contributed by atoms with van der Waals surface area (Å²) in [7, 11) is 0. The minimum Gasteiger partial charge on any atom is -0.478 e. The summed E-state index contributed by atoms with van der Waals surface area (Å²) in [5.41, 5.74) is 32.5. The zero-order valence-corrected chi connectivity index (χ0v) is 66.7. The van der Waals surface area contributed by atoms with Gasteiger partial charge in [0.2, 0.25) is 0 Å². The summed E-state index contributed by atoms with van der Waals surface area (Å²) in [6.07, 6.45) is 0. The van der Waals surface area contributed by atoms with E-state index in [1.54, 1.807) is 72.8 Å².